The van der Waals surface area contributed by atoms with Crippen LogP contribution in [0, 0.1) is 11.7 Å². The highest BCUT2D eigenvalue weighted by molar-refractivity contribution is 5.95. The minimum atomic E-state index is -0.695. The molecule has 1 amide bonds. The number of amides is 1. The predicted molar refractivity (Wildman–Crippen MR) is 80.1 cm³/mol. The van der Waals surface area contributed by atoms with E-state index >= 15 is 0 Å². The molecule has 1 aromatic rings. The average Bonchev–Trinajstić information content (AvgIpc) is 2.54. The largest absolute Gasteiger partial charge is 0.339 e. The molecule has 0 bridgehead atoms. The Morgan fingerprint density at radius 3 is 2.71 bits per heavy atom. The van der Waals surface area contributed by atoms with Crippen LogP contribution in [0.4, 0.5) is 10.2 Å². The van der Waals surface area contributed by atoms with Crippen molar-refractivity contribution < 1.29 is 9.18 Å². The SMILES string of the molecule is CCC1CCC(N(C)C(=O)c2ccnc(NN)c2F)CC1. The summed E-state index contributed by atoms with van der Waals surface area (Å²) in [7, 11) is 1.74. The van der Waals surface area contributed by atoms with Crippen LogP contribution in [0.2, 0.25) is 0 Å². The van der Waals surface area contributed by atoms with E-state index in [4.69, 9.17) is 5.84 Å². The van der Waals surface area contributed by atoms with Crippen LogP contribution in [0.1, 0.15) is 49.4 Å². The van der Waals surface area contributed by atoms with E-state index in [-0.39, 0.29) is 23.3 Å². The second kappa shape index (κ2) is 6.85. The maximum Gasteiger partial charge on any atom is 0.257 e. The van der Waals surface area contributed by atoms with Gasteiger partial charge in [-0.2, -0.15) is 0 Å². The Morgan fingerprint density at radius 1 is 1.48 bits per heavy atom. The molecule has 0 aliphatic heterocycles. The van der Waals surface area contributed by atoms with E-state index in [1.807, 2.05) is 0 Å². The average molecular weight is 294 g/mol. The van der Waals surface area contributed by atoms with E-state index < -0.39 is 5.82 Å². The van der Waals surface area contributed by atoms with Crippen LogP contribution >= 0.6 is 0 Å². The number of aromatic nitrogens is 1. The van der Waals surface area contributed by atoms with Crippen LogP contribution < -0.4 is 11.3 Å². The van der Waals surface area contributed by atoms with Gasteiger partial charge in [0.15, 0.2) is 11.6 Å². The zero-order valence-corrected chi connectivity index (χ0v) is 12.6. The van der Waals surface area contributed by atoms with E-state index in [0.29, 0.717) is 0 Å². The summed E-state index contributed by atoms with van der Waals surface area (Å²) in [6.07, 6.45) is 6.80. The second-order valence-corrected chi connectivity index (χ2v) is 5.66. The number of hydrogen-bond acceptors (Lipinski definition) is 4. The number of hydrogen-bond donors (Lipinski definition) is 2. The minimum absolute atomic E-state index is 0.0121. The van der Waals surface area contributed by atoms with Gasteiger partial charge in [-0.1, -0.05) is 13.3 Å². The monoisotopic (exact) mass is 294 g/mol. The van der Waals surface area contributed by atoms with E-state index in [9.17, 15) is 9.18 Å². The Morgan fingerprint density at radius 2 is 2.14 bits per heavy atom. The minimum Gasteiger partial charge on any atom is -0.339 e. The molecule has 0 atom stereocenters. The first kappa shape index (κ1) is 15.7. The predicted octanol–water partition coefficient (Wildman–Crippen LogP) is 2.55. The number of carbonyl (C=O) groups is 1. The Labute approximate surface area is 124 Å². The van der Waals surface area contributed by atoms with E-state index in [0.717, 1.165) is 31.6 Å². The highest BCUT2D eigenvalue weighted by Gasteiger charge is 2.28. The van der Waals surface area contributed by atoms with Gasteiger partial charge in [0.2, 0.25) is 0 Å². The molecular weight excluding hydrogens is 271 g/mol. The Kier molecular flexibility index (Phi) is 5.12. The first-order chi connectivity index (χ1) is 10.1. The van der Waals surface area contributed by atoms with Gasteiger partial charge < -0.3 is 10.3 Å². The summed E-state index contributed by atoms with van der Waals surface area (Å²) < 4.78 is 14.1. The topological polar surface area (TPSA) is 71.2 Å². The molecule has 1 saturated carbocycles. The van der Waals surface area contributed by atoms with E-state index in [2.05, 4.69) is 17.3 Å². The zero-order valence-electron chi connectivity index (χ0n) is 12.6. The lowest BCUT2D eigenvalue weighted by Crippen LogP contribution is -2.40. The molecule has 1 heterocycles. The maximum absolute atomic E-state index is 14.1. The maximum atomic E-state index is 14.1. The summed E-state index contributed by atoms with van der Waals surface area (Å²) in [6.45, 7) is 2.20. The highest BCUT2D eigenvalue weighted by atomic mass is 19.1. The van der Waals surface area contributed by atoms with Crippen molar-refractivity contribution in [2.75, 3.05) is 12.5 Å². The second-order valence-electron chi connectivity index (χ2n) is 5.66. The van der Waals surface area contributed by atoms with Gasteiger partial charge in [0.1, 0.15) is 0 Å². The van der Waals surface area contributed by atoms with Gasteiger partial charge in [0.25, 0.3) is 5.91 Å². The summed E-state index contributed by atoms with van der Waals surface area (Å²) in [5.74, 6) is 4.84. The molecule has 1 aliphatic rings. The van der Waals surface area contributed by atoms with Gasteiger partial charge >= 0.3 is 0 Å². The molecule has 21 heavy (non-hydrogen) atoms. The van der Waals surface area contributed by atoms with Crippen LogP contribution in [0.5, 0.6) is 0 Å². The standard InChI is InChI=1S/C15H23FN4O/c1-3-10-4-6-11(7-5-10)20(2)15(21)12-8-9-18-14(19-17)13(12)16/h8-11H,3-7,17H2,1-2H3,(H,18,19). The van der Waals surface area contributed by atoms with Crippen molar-refractivity contribution in [3.63, 3.8) is 0 Å². The fraction of sp³-hybridized carbons (Fsp3) is 0.600. The Bertz CT molecular complexity index is 500. The number of halogens is 1. The Hall–Kier alpha value is -1.69. The van der Waals surface area contributed by atoms with Gasteiger partial charge in [0.05, 0.1) is 5.56 Å². The molecule has 0 radical (unpaired) electrons. The van der Waals surface area contributed by atoms with Gasteiger partial charge in [0, 0.05) is 19.3 Å². The smallest absolute Gasteiger partial charge is 0.257 e. The third kappa shape index (κ3) is 3.32. The van der Waals surface area contributed by atoms with Crippen LogP contribution in [0.25, 0.3) is 0 Å². The summed E-state index contributed by atoms with van der Waals surface area (Å²) >= 11 is 0. The van der Waals surface area contributed by atoms with Crippen molar-refractivity contribution in [2.24, 2.45) is 11.8 Å². The number of nitrogens with zero attached hydrogens (tertiary/aromatic N) is 2. The summed E-state index contributed by atoms with van der Waals surface area (Å²) in [5, 5.41) is 0. The third-order valence-electron chi connectivity index (χ3n) is 4.52. The van der Waals surface area contributed by atoms with Crippen molar-refractivity contribution >= 4 is 11.7 Å². The number of nitrogens with one attached hydrogen (secondary N) is 1. The number of hydrazine groups is 1. The molecular formula is C15H23FN4O. The quantitative estimate of drug-likeness (QED) is 0.661. The van der Waals surface area contributed by atoms with Gasteiger partial charge in [-0.25, -0.2) is 15.2 Å². The zero-order chi connectivity index (χ0) is 15.4. The number of nitrogens with two attached hydrogens (primary N) is 1. The number of anilines is 1. The van der Waals surface area contributed by atoms with Crippen molar-refractivity contribution in [3.8, 4) is 0 Å². The van der Waals surface area contributed by atoms with Gasteiger partial charge in [-0.3, -0.25) is 4.79 Å². The van der Waals surface area contributed by atoms with E-state index in [1.54, 1.807) is 11.9 Å². The highest BCUT2D eigenvalue weighted by Crippen LogP contribution is 2.30. The third-order valence-corrected chi connectivity index (χ3v) is 4.52. The van der Waals surface area contributed by atoms with Crippen molar-refractivity contribution in [2.45, 2.75) is 45.1 Å². The molecule has 0 unspecified atom stereocenters. The number of rotatable bonds is 4. The Balaban J connectivity index is 2.09. The lowest BCUT2D eigenvalue weighted by atomic mass is 9.84. The fourth-order valence-corrected chi connectivity index (χ4v) is 3.01. The van der Waals surface area contributed by atoms with Crippen LogP contribution in [-0.2, 0) is 0 Å². The summed E-state index contributed by atoms with van der Waals surface area (Å²) in [6, 6.07) is 1.58. The van der Waals surface area contributed by atoms with Crippen molar-refractivity contribution in [1.82, 2.24) is 9.88 Å². The molecule has 0 spiro atoms. The molecule has 0 aromatic carbocycles. The van der Waals surface area contributed by atoms with Crippen molar-refractivity contribution in [1.29, 1.82) is 0 Å². The lowest BCUT2D eigenvalue weighted by molar-refractivity contribution is 0.0670. The lowest BCUT2D eigenvalue weighted by Gasteiger charge is -2.34. The molecule has 5 nitrogen and oxygen atoms in total. The van der Waals surface area contributed by atoms with Crippen LogP contribution in [0.15, 0.2) is 12.3 Å². The molecule has 1 aromatic heterocycles. The first-order valence-electron chi connectivity index (χ1n) is 7.46. The molecule has 116 valence electrons. The van der Waals surface area contributed by atoms with Crippen molar-refractivity contribution in [3.05, 3.63) is 23.6 Å². The molecule has 1 aliphatic carbocycles. The normalized spacial score (nSPS) is 21.9. The molecule has 6 heteroatoms. The molecule has 0 saturated heterocycles. The van der Waals surface area contributed by atoms with Crippen LogP contribution in [0.3, 0.4) is 0 Å². The number of nitrogen functional groups attached to an aromatic ring is 1. The van der Waals surface area contributed by atoms with Gasteiger partial charge in [-0.05, 0) is 37.7 Å². The van der Waals surface area contributed by atoms with E-state index in [1.165, 1.54) is 18.7 Å². The van der Waals surface area contributed by atoms with Crippen LogP contribution in [-0.4, -0.2) is 28.9 Å². The van der Waals surface area contributed by atoms with Gasteiger partial charge in [-0.15, -0.1) is 0 Å². The molecule has 3 N–H and O–H groups in total. The number of carbonyl (C=O) groups excluding carboxylic acids is 1. The molecule has 2 rings (SSSR count). The fourth-order valence-electron chi connectivity index (χ4n) is 3.01. The molecule has 1 fully saturated rings. The number of pyridine rings is 1. The first-order valence-corrected chi connectivity index (χ1v) is 7.46. The summed E-state index contributed by atoms with van der Waals surface area (Å²) in [4.78, 5) is 17.9. The summed E-state index contributed by atoms with van der Waals surface area (Å²) in [5.41, 5.74) is 2.18.